The number of anilines is 1. The van der Waals surface area contributed by atoms with Crippen LogP contribution in [-0.2, 0) is 81.0 Å². The third-order valence-electron chi connectivity index (χ3n) is 16.2. The van der Waals surface area contributed by atoms with E-state index in [-0.39, 0.29) is 86.2 Å². The average Bonchev–Trinajstić information content (AvgIpc) is 0.955. The van der Waals surface area contributed by atoms with Crippen LogP contribution in [0.3, 0.4) is 0 Å². The Balaban J connectivity index is 0.982. The summed E-state index contributed by atoms with van der Waals surface area (Å²) in [6, 6.07) is 18.5. The number of nitrogens with one attached hydrogen (secondary N) is 6. The number of hydrogen-bond donors (Lipinski definition) is 6. The Bertz CT molecular complexity index is 3340. The average molecular weight is 1510 g/mol. The fourth-order valence-corrected chi connectivity index (χ4v) is 12.5. The number of rotatable bonds is 44. The molecule has 3 aromatic carbocycles. The molecule has 0 unspecified atom stereocenters. The van der Waals surface area contributed by atoms with Crippen LogP contribution in [0, 0.1) is 23.7 Å². The van der Waals surface area contributed by atoms with Gasteiger partial charge in [0, 0.05) is 78.7 Å². The summed E-state index contributed by atoms with van der Waals surface area (Å²) in [5, 5.41) is 17.6. The second kappa shape index (κ2) is 42.9. The maximum atomic E-state index is 14.4. The molecule has 28 heteroatoms. The van der Waals surface area contributed by atoms with Crippen LogP contribution in [0.25, 0.3) is 11.0 Å². The maximum absolute atomic E-state index is 14.4. The molecule has 7 amide bonds. The number of benzene rings is 3. The summed E-state index contributed by atoms with van der Waals surface area (Å²) in [4.78, 5) is 130. The van der Waals surface area contributed by atoms with Gasteiger partial charge in [-0.25, -0.2) is 20.4 Å². The molecule has 25 nitrogen and oxygen atoms in total. The molecule has 538 valence electrons. The van der Waals surface area contributed by atoms with Gasteiger partial charge in [0.05, 0.1) is 87.9 Å². The van der Waals surface area contributed by atoms with E-state index in [9.17, 15) is 38.4 Å². The number of hydroxylamine groups is 1. The first-order chi connectivity index (χ1) is 46.8. The summed E-state index contributed by atoms with van der Waals surface area (Å²) in [6.07, 6.45) is 0.585. The molecule has 5 aromatic rings. The van der Waals surface area contributed by atoms with Gasteiger partial charge in [0.1, 0.15) is 22.8 Å². The molecular formula is C70H99Br2N11O14S. The molecule has 0 aliphatic carbocycles. The number of hydrogen-bond acceptors (Lipinski definition) is 19. The Labute approximate surface area is 596 Å². The van der Waals surface area contributed by atoms with Crippen LogP contribution >= 0.6 is 43.2 Å². The van der Waals surface area contributed by atoms with E-state index in [1.54, 1.807) is 73.6 Å². The third kappa shape index (κ3) is 27.3. The van der Waals surface area contributed by atoms with E-state index < -0.39 is 65.9 Å². The smallest absolute Gasteiger partial charge is 0.303 e. The number of thiazole rings is 1. The van der Waals surface area contributed by atoms with Crippen molar-refractivity contribution < 1.29 is 66.9 Å². The van der Waals surface area contributed by atoms with Crippen molar-refractivity contribution in [1.82, 2.24) is 51.5 Å². The third-order valence-corrected chi connectivity index (χ3v) is 18.2. The van der Waals surface area contributed by atoms with E-state index in [0.717, 1.165) is 33.8 Å². The number of amides is 7. The second-order valence-electron chi connectivity index (χ2n) is 25.0. The predicted molar refractivity (Wildman–Crippen MR) is 382 cm³/mol. The number of nitrogens with zero attached hydrogens (tertiary/aromatic N) is 5. The summed E-state index contributed by atoms with van der Waals surface area (Å²) in [5.41, 5.74) is 8.25. The monoisotopic (exact) mass is 1510 g/mol. The maximum Gasteiger partial charge on any atom is 0.303 e. The molecule has 98 heavy (non-hydrogen) atoms. The number of aromatic nitrogens is 3. The lowest BCUT2D eigenvalue weighted by atomic mass is 9.92. The quantitative estimate of drug-likeness (QED) is 0.00922. The van der Waals surface area contributed by atoms with Crippen LogP contribution in [0.15, 0.2) is 78.2 Å². The first-order valence-electron chi connectivity index (χ1n) is 33.2. The largest absolute Gasteiger partial charge is 0.455 e. The first kappa shape index (κ1) is 81.8. The van der Waals surface area contributed by atoms with Gasteiger partial charge in [-0.05, 0) is 93.1 Å². The molecule has 2 heterocycles. The summed E-state index contributed by atoms with van der Waals surface area (Å²) >= 11 is 8.04. The van der Waals surface area contributed by atoms with Crippen LogP contribution in [0.1, 0.15) is 142 Å². The number of fused-ring (bicyclic) bond motifs is 1. The Morgan fingerprint density at radius 2 is 1.27 bits per heavy atom. The Morgan fingerprint density at radius 1 is 0.643 bits per heavy atom. The molecule has 0 aliphatic rings. The van der Waals surface area contributed by atoms with Gasteiger partial charge in [0.15, 0.2) is 6.10 Å². The second-order valence-corrected chi connectivity index (χ2v) is 27.0. The van der Waals surface area contributed by atoms with E-state index in [4.69, 9.17) is 28.5 Å². The molecule has 0 radical (unpaired) electrons. The molecule has 0 saturated heterocycles. The predicted octanol–water partition coefficient (Wildman–Crippen LogP) is 8.42. The lowest BCUT2D eigenvalue weighted by Gasteiger charge is -2.37. The molecule has 5 rings (SSSR count). The van der Waals surface area contributed by atoms with E-state index in [1.165, 1.54) is 6.92 Å². The number of carbonyl (C=O) groups excluding carboxylic acids is 8. The van der Waals surface area contributed by atoms with Crippen molar-refractivity contribution in [3.8, 4) is 0 Å². The highest BCUT2D eigenvalue weighted by Crippen LogP contribution is 2.32. The van der Waals surface area contributed by atoms with Crippen LogP contribution in [0.2, 0.25) is 0 Å². The molecule has 0 saturated carbocycles. The van der Waals surface area contributed by atoms with Gasteiger partial charge in [-0.15, -0.1) is 11.3 Å². The summed E-state index contributed by atoms with van der Waals surface area (Å²) < 4.78 is 28.1. The van der Waals surface area contributed by atoms with Crippen LogP contribution in [0.5, 0.6) is 0 Å². The molecule has 8 atom stereocenters. The number of esters is 1. The molecule has 0 spiro atoms. The van der Waals surface area contributed by atoms with Gasteiger partial charge in [0.25, 0.3) is 11.8 Å². The van der Waals surface area contributed by atoms with Gasteiger partial charge >= 0.3 is 5.97 Å². The molecular weight excluding hydrogens is 1410 g/mol. The fourth-order valence-electron chi connectivity index (χ4n) is 10.7. The molecule has 6 N–H and O–H groups in total. The van der Waals surface area contributed by atoms with E-state index in [1.807, 2.05) is 90.9 Å². The van der Waals surface area contributed by atoms with Crippen molar-refractivity contribution in [3.63, 3.8) is 0 Å². The van der Waals surface area contributed by atoms with Gasteiger partial charge < -0.3 is 55.2 Å². The first-order valence-corrected chi connectivity index (χ1v) is 36.3. The van der Waals surface area contributed by atoms with E-state index >= 15 is 0 Å². The fraction of sp³-hybridized carbons (Fsp3) is 0.557. The van der Waals surface area contributed by atoms with Gasteiger partial charge in [-0.1, -0.05) is 129 Å². The Kier molecular flexibility index (Phi) is 35.8. The number of alkyl halides is 2. The minimum absolute atomic E-state index is 0.00105. The standard InChI is InChI=1S/C70H99Br2N11O14S/c1-13-45(6)62(80-68(90)63(44(4)5)82(10)11)70(91)83(12)59(43(2)3)38-60(97-48(9)84)69-79-58(42-98-69)67(89)76-53(36-49-17-15-14-16-18-49)35-46(7)64(86)81-96-41-50-19-22-52(23-20-50)75-65(87)47(8)74-61(85)25-27-92-29-31-94-33-34-95-32-30-93-28-26-73-66(88)51-21-24-54-55(37-51)78-57(40-72)56(39-71)77-54/h14-24,37,42-47,53,59-60,62-63H,13,25-36,38-41H2,1-12H3,(H,73,88)(H,74,85)(H,75,87)(H,76,89)(H,80,90)(H,81,86)/t45-,46-,47-,53+,59+,60+,62-,63-/m0/s1. The highest BCUT2D eigenvalue weighted by atomic mass is 79.9. The number of halogens is 2. The highest BCUT2D eigenvalue weighted by molar-refractivity contribution is 9.09. The van der Waals surface area contributed by atoms with Crippen LogP contribution in [-0.4, -0.2) is 183 Å². The van der Waals surface area contributed by atoms with E-state index in [0.29, 0.717) is 97.0 Å². The van der Waals surface area contributed by atoms with Crippen LogP contribution < -0.4 is 32.1 Å². The molecule has 2 aromatic heterocycles. The van der Waals surface area contributed by atoms with Crippen molar-refractivity contribution in [1.29, 1.82) is 0 Å². The van der Waals surface area contributed by atoms with Crippen molar-refractivity contribution in [3.05, 3.63) is 117 Å². The Hall–Kier alpha value is -6.89. The number of ether oxygens (including phenoxy) is 5. The lowest BCUT2D eigenvalue weighted by Crippen LogP contribution is -2.58. The summed E-state index contributed by atoms with van der Waals surface area (Å²) in [6.45, 7) is 19.1. The normalized spacial score (nSPS) is 14.0. The van der Waals surface area contributed by atoms with Gasteiger partial charge in [0.2, 0.25) is 29.5 Å². The van der Waals surface area contributed by atoms with Crippen molar-refractivity contribution in [2.45, 2.75) is 148 Å². The molecule has 0 bridgehead atoms. The van der Waals surface area contributed by atoms with Gasteiger partial charge in [-0.3, -0.25) is 48.1 Å². The topological polar surface area (TPSA) is 309 Å². The lowest BCUT2D eigenvalue weighted by molar-refractivity contribution is -0.149. The number of carbonyl (C=O) groups is 8. The van der Waals surface area contributed by atoms with E-state index in [2.05, 4.69) is 78.9 Å². The zero-order valence-corrected chi connectivity index (χ0v) is 62.4. The van der Waals surface area contributed by atoms with Crippen LogP contribution in [0.4, 0.5) is 5.69 Å². The zero-order chi connectivity index (χ0) is 71.8. The van der Waals surface area contributed by atoms with Gasteiger partial charge in [-0.2, -0.15) is 0 Å². The number of likely N-dealkylation sites (N-methyl/N-ethyl adjacent to an activating group) is 2. The van der Waals surface area contributed by atoms with Crippen molar-refractivity contribution in [2.75, 3.05) is 85.9 Å². The Morgan fingerprint density at radius 3 is 1.86 bits per heavy atom. The van der Waals surface area contributed by atoms with Crippen molar-refractivity contribution >= 4 is 107 Å². The molecule has 0 fully saturated rings. The minimum atomic E-state index is -0.906. The summed E-state index contributed by atoms with van der Waals surface area (Å²) in [5.74, 6) is -3.88. The minimum Gasteiger partial charge on any atom is -0.455 e. The zero-order valence-electron chi connectivity index (χ0n) is 58.4. The van der Waals surface area contributed by atoms with Crippen molar-refractivity contribution in [2.24, 2.45) is 23.7 Å². The summed E-state index contributed by atoms with van der Waals surface area (Å²) in [7, 11) is 5.38. The SMILES string of the molecule is CC[C@H](C)[C@H](NC(=O)[C@H](C(C)C)N(C)C)C(=O)N(C)[C@H](C[C@@H](OC(C)=O)c1nc(C(=O)N[C@@H](Cc2ccccc2)C[C@H](C)C(=O)NOCc2ccc(NC(=O)[C@H](C)NC(=O)CCOCCOCCOCCOCCNC(=O)c3ccc4nc(CBr)c(CBr)nc4c3)cc2)cs1)C(C)C. The highest BCUT2D eigenvalue weighted by Gasteiger charge is 2.38. The molecule has 0 aliphatic heterocycles.